The molecule has 3 unspecified atom stereocenters. The normalized spacial score (nSPS) is 18.9. The Morgan fingerprint density at radius 3 is 2.61 bits per heavy atom. The SMILES string of the molecule is COc1ccc2cc(C(C#N)OC(=O)CC3OC3c3ccccc3)ccc2c1. The highest BCUT2D eigenvalue weighted by atomic mass is 16.6. The predicted molar refractivity (Wildman–Crippen MR) is 104 cm³/mol. The molecule has 0 spiro atoms. The largest absolute Gasteiger partial charge is 0.497 e. The average Bonchev–Trinajstić information content (AvgIpc) is 3.50. The number of carbonyl (C=O) groups excluding carboxylic acids is 1. The van der Waals surface area contributed by atoms with E-state index in [-0.39, 0.29) is 18.6 Å². The van der Waals surface area contributed by atoms with Crippen molar-refractivity contribution in [1.82, 2.24) is 0 Å². The zero-order chi connectivity index (χ0) is 19.5. The highest BCUT2D eigenvalue weighted by molar-refractivity contribution is 5.84. The van der Waals surface area contributed by atoms with Gasteiger partial charge in [0.15, 0.2) is 0 Å². The maximum absolute atomic E-state index is 12.3. The molecule has 5 heteroatoms. The summed E-state index contributed by atoms with van der Waals surface area (Å²) in [6, 6.07) is 23.0. The van der Waals surface area contributed by atoms with Gasteiger partial charge in [-0.3, -0.25) is 4.79 Å². The van der Waals surface area contributed by atoms with Gasteiger partial charge in [0.05, 0.1) is 19.6 Å². The number of ether oxygens (including phenoxy) is 3. The van der Waals surface area contributed by atoms with E-state index in [0.717, 1.165) is 22.1 Å². The molecule has 1 heterocycles. The van der Waals surface area contributed by atoms with E-state index >= 15 is 0 Å². The van der Waals surface area contributed by atoms with Crippen LogP contribution in [0.5, 0.6) is 5.75 Å². The Kier molecular flexibility index (Phi) is 4.96. The van der Waals surface area contributed by atoms with Crippen LogP contribution in [0.4, 0.5) is 0 Å². The third-order valence-electron chi connectivity index (χ3n) is 4.82. The third-order valence-corrected chi connectivity index (χ3v) is 4.82. The van der Waals surface area contributed by atoms with Gasteiger partial charge in [-0.2, -0.15) is 5.26 Å². The van der Waals surface area contributed by atoms with E-state index in [4.69, 9.17) is 14.2 Å². The molecule has 0 aromatic heterocycles. The monoisotopic (exact) mass is 373 g/mol. The van der Waals surface area contributed by atoms with Crippen LogP contribution in [0.2, 0.25) is 0 Å². The number of esters is 1. The van der Waals surface area contributed by atoms with Crippen molar-refractivity contribution in [3.63, 3.8) is 0 Å². The number of fused-ring (bicyclic) bond motifs is 1. The zero-order valence-electron chi connectivity index (χ0n) is 15.4. The van der Waals surface area contributed by atoms with Crippen LogP contribution < -0.4 is 4.74 Å². The second-order valence-electron chi connectivity index (χ2n) is 6.68. The van der Waals surface area contributed by atoms with Gasteiger partial charge < -0.3 is 14.2 Å². The van der Waals surface area contributed by atoms with Crippen LogP contribution in [0.1, 0.15) is 29.8 Å². The van der Waals surface area contributed by atoms with Gasteiger partial charge in [0.1, 0.15) is 17.9 Å². The van der Waals surface area contributed by atoms with Gasteiger partial charge in [0.25, 0.3) is 0 Å². The summed E-state index contributed by atoms with van der Waals surface area (Å²) < 4.78 is 16.2. The first-order valence-corrected chi connectivity index (χ1v) is 9.05. The molecule has 3 aromatic rings. The van der Waals surface area contributed by atoms with E-state index in [9.17, 15) is 10.1 Å². The quantitative estimate of drug-likeness (QED) is 0.470. The Morgan fingerprint density at radius 2 is 1.86 bits per heavy atom. The van der Waals surface area contributed by atoms with Crippen molar-refractivity contribution in [3.05, 3.63) is 77.9 Å². The minimum absolute atomic E-state index is 0.0788. The van der Waals surface area contributed by atoms with Crippen molar-refractivity contribution in [2.75, 3.05) is 7.11 Å². The first-order valence-electron chi connectivity index (χ1n) is 9.05. The number of methoxy groups -OCH3 is 1. The van der Waals surface area contributed by atoms with Crippen LogP contribution in [0, 0.1) is 11.3 Å². The number of nitrogens with zero attached hydrogens (tertiary/aromatic N) is 1. The van der Waals surface area contributed by atoms with Gasteiger partial charge in [-0.15, -0.1) is 0 Å². The van der Waals surface area contributed by atoms with Crippen LogP contribution in [0.3, 0.4) is 0 Å². The van der Waals surface area contributed by atoms with E-state index in [1.807, 2.05) is 60.7 Å². The van der Waals surface area contributed by atoms with Gasteiger partial charge in [0, 0.05) is 5.56 Å². The molecule has 1 aliphatic heterocycles. The van der Waals surface area contributed by atoms with Gasteiger partial charge in [-0.05, 0) is 34.5 Å². The molecule has 1 fully saturated rings. The molecule has 0 saturated carbocycles. The lowest BCUT2D eigenvalue weighted by Crippen LogP contribution is -2.12. The zero-order valence-corrected chi connectivity index (χ0v) is 15.4. The summed E-state index contributed by atoms with van der Waals surface area (Å²) in [6.07, 6.45) is -1.10. The molecule has 3 aromatic carbocycles. The molecule has 140 valence electrons. The van der Waals surface area contributed by atoms with Crippen molar-refractivity contribution in [1.29, 1.82) is 5.26 Å². The fourth-order valence-corrected chi connectivity index (χ4v) is 3.28. The molecule has 0 amide bonds. The standard InChI is InChI=1S/C23H19NO4/c1-26-19-10-9-16-11-18(8-7-17(16)12-19)21(14-24)27-22(25)13-20-23(28-20)15-5-3-2-4-6-15/h2-12,20-21,23H,13H2,1H3. The minimum atomic E-state index is -0.951. The first kappa shape index (κ1) is 18.0. The average molecular weight is 373 g/mol. The lowest BCUT2D eigenvalue weighted by molar-refractivity contribution is -0.147. The van der Waals surface area contributed by atoms with Gasteiger partial charge in [-0.1, -0.05) is 48.5 Å². The molecule has 28 heavy (non-hydrogen) atoms. The molecule has 0 aliphatic carbocycles. The van der Waals surface area contributed by atoms with E-state index < -0.39 is 12.1 Å². The second kappa shape index (κ2) is 7.71. The van der Waals surface area contributed by atoms with Crippen molar-refractivity contribution in [2.45, 2.75) is 24.7 Å². The molecule has 4 rings (SSSR count). The molecular weight excluding hydrogens is 354 g/mol. The van der Waals surface area contributed by atoms with Crippen LogP contribution in [-0.4, -0.2) is 19.2 Å². The number of nitriles is 1. The van der Waals surface area contributed by atoms with Gasteiger partial charge >= 0.3 is 5.97 Å². The summed E-state index contributed by atoms with van der Waals surface area (Å²) in [4.78, 5) is 12.3. The summed E-state index contributed by atoms with van der Waals surface area (Å²) in [7, 11) is 1.62. The van der Waals surface area contributed by atoms with Gasteiger partial charge in [-0.25, -0.2) is 0 Å². The Balaban J connectivity index is 1.41. The topological polar surface area (TPSA) is 71.8 Å². The molecule has 1 saturated heterocycles. The number of hydrogen-bond donors (Lipinski definition) is 0. The van der Waals surface area contributed by atoms with Crippen molar-refractivity contribution in [2.24, 2.45) is 0 Å². The summed E-state index contributed by atoms with van der Waals surface area (Å²) in [6.45, 7) is 0. The number of carbonyl (C=O) groups is 1. The minimum Gasteiger partial charge on any atom is -0.497 e. The van der Waals surface area contributed by atoms with E-state index in [0.29, 0.717) is 5.56 Å². The fourth-order valence-electron chi connectivity index (χ4n) is 3.28. The highest BCUT2D eigenvalue weighted by Gasteiger charge is 2.42. The molecule has 0 bridgehead atoms. The summed E-state index contributed by atoms with van der Waals surface area (Å²) in [5, 5.41) is 11.4. The molecule has 3 atom stereocenters. The Hall–Kier alpha value is -3.36. The number of hydrogen-bond acceptors (Lipinski definition) is 5. The van der Waals surface area contributed by atoms with Crippen molar-refractivity contribution >= 4 is 16.7 Å². The van der Waals surface area contributed by atoms with Crippen LogP contribution in [-0.2, 0) is 14.3 Å². The van der Waals surface area contributed by atoms with E-state index in [1.165, 1.54) is 0 Å². The predicted octanol–water partition coefficient (Wildman–Crippen LogP) is 4.49. The second-order valence-corrected chi connectivity index (χ2v) is 6.68. The summed E-state index contributed by atoms with van der Waals surface area (Å²) in [5.74, 6) is 0.325. The highest BCUT2D eigenvalue weighted by Crippen LogP contribution is 2.41. The summed E-state index contributed by atoms with van der Waals surface area (Å²) >= 11 is 0. The number of epoxide rings is 1. The van der Waals surface area contributed by atoms with Gasteiger partial charge in [0.2, 0.25) is 6.10 Å². The molecule has 0 N–H and O–H groups in total. The third kappa shape index (κ3) is 3.83. The molecule has 0 radical (unpaired) electrons. The van der Waals surface area contributed by atoms with Crippen LogP contribution in [0.25, 0.3) is 10.8 Å². The fraction of sp³-hybridized carbons (Fsp3) is 0.217. The summed E-state index contributed by atoms with van der Waals surface area (Å²) in [5.41, 5.74) is 1.69. The lowest BCUT2D eigenvalue weighted by atomic mass is 10.0. The first-order chi connectivity index (χ1) is 13.7. The maximum Gasteiger partial charge on any atom is 0.310 e. The lowest BCUT2D eigenvalue weighted by Gasteiger charge is -2.12. The van der Waals surface area contributed by atoms with E-state index in [2.05, 4.69) is 6.07 Å². The molecular formula is C23H19NO4. The smallest absolute Gasteiger partial charge is 0.310 e. The Labute approximate surface area is 163 Å². The Morgan fingerprint density at radius 1 is 1.11 bits per heavy atom. The molecule has 1 aliphatic rings. The number of rotatable bonds is 6. The van der Waals surface area contributed by atoms with Crippen LogP contribution >= 0.6 is 0 Å². The maximum atomic E-state index is 12.3. The van der Waals surface area contributed by atoms with Crippen LogP contribution in [0.15, 0.2) is 66.7 Å². The van der Waals surface area contributed by atoms with E-state index in [1.54, 1.807) is 13.2 Å². The van der Waals surface area contributed by atoms with Crippen molar-refractivity contribution < 1.29 is 19.0 Å². The molecule has 5 nitrogen and oxygen atoms in total. The van der Waals surface area contributed by atoms with Crippen molar-refractivity contribution in [3.8, 4) is 11.8 Å². The Bertz CT molecular complexity index is 1040. The number of benzene rings is 3.